The third-order valence-electron chi connectivity index (χ3n) is 7.09. The van der Waals surface area contributed by atoms with Crippen molar-refractivity contribution in [2.75, 3.05) is 0 Å². The molecule has 1 fully saturated rings. The molecular formula is C26H27FN2O. The van der Waals surface area contributed by atoms with Gasteiger partial charge in [0.1, 0.15) is 5.82 Å². The molecule has 4 heteroatoms. The van der Waals surface area contributed by atoms with Crippen molar-refractivity contribution in [2.24, 2.45) is 11.3 Å². The highest BCUT2D eigenvalue weighted by Gasteiger charge is 2.46. The smallest absolute Gasteiger partial charge is 0.123 e. The number of aromatic nitrogens is 2. The van der Waals surface area contributed by atoms with Crippen molar-refractivity contribution < 1.29 is 9.50 Å². The summed E-state index contributed by atoms with van der Waals surface area (Å²) in [7, 11) is 0. The summed E-state index contributed by atoms with van der Waals surface area (Å²) in [6.45, 7) is 2.31. The zero-order chi connectivity index (χ0) is 20.7. The van der Waals surface area contributed by atoms with Gasteiger partial charge in [0.15, 0.2) is 0 Å². The van der Waals surface area contributed by atoms with Crippen LogP contribution in [0.4, 0.5) is 4.39 Å². The van der Waals surface area contributed by atoms with Crippen LogP contribution < -0.4 is 0 Å². The van der Waals surface area contributed by atoms with Gasteiger partial charge >= 0.3 is 0 Å². The summed E-state index contributed by atoms with van der Waals surface area (Å²) in [6.07, 6.45) is 8.61. The first kappa shape index (κ1) is 19.3. The Bertz CT molecular complexity index is 1070. The van der Waals surface area contributed by atoms with Crippen molar-refractivity contribution in [3.05, 3.63) is 89.0 Å². The summed E-state index contributed by atoms with van der Waals surface area (Å²) in [5.74, 6) is -0.0201. The molecule has 154 valence electrons. The molecule has 1 unspecified atom stereocenters. The standard InChI is InChI=1S/C26H27FN2O/c1-26-16-19-17-28-29(22-12-10-21(27)11-13-22)24(19)15-20(26)8-5-9-23(26)25(30)14-18-6-3-2-4-7-18/h2-4,6-7,10-13,15,17,23,25,30H,5,8-9,14,16H2,1H3/t23-,25-,26?/m1/s1. The average Bonchev–Trinajstić information content (AvgIpc) is 3.14. The van der Waals surface area contributed by atoms with Crippen molar-refractivity contribution in [1.29, 1.82) is 0 Å². The van der Waals surface area contributed by atoms with E-state index in [0.717, 1.165) is 37.1 Å². The zero-order valence-electron chi connectivity index (χ0n) is 17.3. The van der Waals surface area contributed by atoms with Crippen molar-refractivity contribution in [1.82, 2.24) is 9.78 Å². The monoisotopic (exact) mass is 402 g/mol. The van der Waals surface area contributed by atoms with E-state index in [1.807, 2.05) is 29.1 Å². The highest BCUT2D eigenvalue weighted by atomic mass is 19.1. The molecule has 0 bridgehead atoms. The van der Waals surface area contributed by atoms with E-state index in [-0.39, 0.29) is 23.3 Å². The first-order valence-corrected chi connectivity index (χ1v) is 10.8. The van der Waals surface area contributed by atoms with E-state index in [4.69, 9.17) is 0 Å². The van der Waals surface area contributed by atoms with Crippen LogP contribution in [-0.2, 0) is 12.8 Å². The topological polar surface area (TPSA) is 38.0 Å². The second-order valence-corrected chi connectivity index (χ2v) is 8.96. The van der Waals surface area contributed by atoms with Crippen LogP contribution in [-0.4, -0.2) is 21.0 Å². The Morgan fingerprint density at radius 1 is 1.17 bits per heavy atom. The Morgan fingerprint density at radius 3 is 2.70 bits per heavy atom. The first-order valence-electron chi connectivity index (χ1n) is 10.8. The molecule has 1 N–H and O–H groups in total. The minimum atomic E-state index is -0.366. The number of nitrogens with zero attached hydrogens (tertiary/aromatic N) is 2. The van der Waals surface area contributed by atoms with Gasteiger partial charge < -0.3 is 5.11 Å². The lowest BCUT2D eigenvalue weighted by molar-refractivity contribution is 0.0234. The zero-order valence-corrected chi connectivity index (χ0v) is 17.3. The lowest BCUT2D eigenvalue weighted by Crippen LogP contribution is -2.43. The predicted molar refractivity (Wildman–Crippen MR) is 117 cm³/mol. The van der Waals surface area contributed by atoms with Crippen molar-refractivity contribution in [3.8, 4) is 5.69 Å². The molecule has 1 aromatic heterocycles. The Kier molecular flexibility index (Phi) is 4.82. The third kappa shape index (κ3) is 3.29. The molecule has 0 saturated heterocycles. The van der Waals surface area contributed by atoms with Crippen LogP contribution in [0.5, 0.6) is 0 Å². The van der Waals surface area contributed by atoms with E-state index in [1.54, 1.807) is 12.1 Å². The Labute approximate surface area is 176 Å². The number of hydrogen-bond donors (Lipinski definition) is 1. The lowest BCUT2D eigenvalue weighted by Gasteiger charge is -2.47. The van der Waals surface area contributed by atoms with Gasteiger partial charge in [-0.2, -0.15) is 5.10 Å². The molecule has 0 aliphatic heterocycles. The maximum absolute atomic E-state index is 13.3. The van der Waals surface area contributed by atoms with E-state index < -0.39 is 0 Å². The molecule has 2 aliphatic carbocycles. The number of allylic oxidation sites excluding steroid dienone is 1. The van der Waals surface area contributed by atoms with E-state index in [2.05, 4.69) is 30.2 Å². The van der Waals surface area contributed by atoms with Gasteiger partial charge in [-0.25, -0.2) is 9.07 Å². The van der Waals surface area contributed by atoms with E-state index >= 15 is 0 Å². The van der Waals surface area contributed by atoms with Crippen LogP contribution in [0.25, 0.3) is 11.8 Å². The number of hydrogen-bond acceptors (Lipinski definition) is 2. The maximum Gasteiger partial charge on any atom is 0.123 e. The summed E-state index contributed by atoms with van der Waals surface area (Å²) < 4.78 is 15.3. The van der Waals surface area contributed by atoms with Crippen molar-refractivity contribution in [3.63, 3.8) is 0 Å². The number of rotatable bonds is 4. The molecule has 2 aliphatic rings. The molecule has 30 heavy (non-hydrogen) atoms. The molecular weight excluding hydrogens is 375 g/mol. The van der Waals surface area contributed by atoms with Crippen LogP contribution in [0.1, 0.15) is 43.0 Å². The summed E-state index contributed by atoms with van der Waals surface area (Å²) >= 11 is 0. The molecule has 5 rings (SSSR count). The minimum absolute atomic E-state index is 0.0594. The van der Waals surface area contributed by atoms with Crippen LogP contribution >= 0.6 is 0 Å². The average molecular weight is 403 g/mol. The Morgan fingerprint density at radius 2 is 1.93 bits per heavy atom. The lowest BCUT2D eigenvalue weighted by atomic mass is 9.58. The minimum Gasteiger partial charge on any atom is -0.392 e. The fraction of sp³-hybridized carbons (Fsp3) is 0.346. The van der Waals surface area contributed by atoms with Crippen molar-refractivity contribution >= 4 is 6.08 Å². The van der Waals surface area contributed by atoms with Crippen LogP contribution in [0.15, 0.2) is 66.4 Å². The second-order valence-electron chi connectivity index (χ2n) is 8.96. The predicted octanol–water partition coefficient (Wildman–Crippen LogP) is 5.36. The van der Waals surface area contributed by atoms with Crippen molar-refractivity contribution in [2.45, 2.75) is 45.1 Å². The van der Waals surface area contributed by atoms with Crippen LogP contribution in [0, 0.1) is 17.2 Å². The van der Waals surface area contributed by atoms with Gasteiger partial charge in [-0.15, -0.1) is 0 Å². The second kappa shape index (κ2) is 7.51. The molecule has 3 atom stereocenters. The van der Waals surface area contributed by atoms with Crippen LogP contribution in [0.2, 0.25) is 0 Å². The van der Waals surface area contributed by atoms with Gasteiger partial charge in [-0.1, -0.05) is 42.8 Å². The van der Waals surface area contributed by atoms with Gasteiger partial charge in [-0.05, 0) is 84.9 Å². The van der Waals surface area contributed by atoms with E-state index in [9.17, 15) is 9.50 Å². The molecule has 1 heterocycles. The van der Waals surface area contributed by atoms with Gasteiger partial charge in [0.25, 0.3) is 0 Å². The summed E-state index contributed by atoms with van der Waals surface area (Å²) in [5.41, 5.74) is 5.69. The Hall–Kier alpha value is -2.72. The number of fused-ring (bicyclic) bond motifs is 2. The van der Waals surface area contributed by atoms with Gasteiger partial charge in [0.2, 0.25) is 0 Å². The highest BCUT2D eigenvalue weighted by Crippen LogP contribution is 2.52. The summed E-state index contributed by atoms with van der Waals surface area (Å²) in [6, 6.07) is 16.7. The maximum atomic E-state index is 13.3. The number of aliphatic hydroxyl groups is 1. The summed E-state index contributed by atoms with van der Waals surface area (Å²) in [5, 5.41) is 15.8. The quantitative estimate of drug-likeness (QED) is 0.638. The van der Waals surface area contributed by atoms with Gasteiger partial charge in [0, 0.05) is 0 Å². The van der Waals surface area contributed by atoms with E-state index in [0.29, 0.717) is 6.42 Å². The Balaban J connectivity index is 1.46. The fourth-order valence-electron chi connectivity index (χ4n) is 5.48. The number of benzene rings is 2. The molecule has 0 amide bonds. The number of aliphatic hydroxyl groups excluding tert-OH is 1. The highest BCUT2D eigenvalue weighted by molar-refractivity contribution is 5.61. The van der Waals surface area contributed by atoms with Gasteiger partial charge in [-0.3, -0.25) is 0 Å². The third-order valence-corrected chi connectivity index (χ3v) is 7.09. The molecule has 1 saturated carbocycles. The molecule has 3 aromatic rings. The summed E-state index contributed by atoms with van der Waals surface area (Å²) in [4.78, 5) is 0. The van der Waals surface area contributed by atoms with Crippen LogP contribution in [0.3, 0.4) is 0 Å². The molecule has 2 aromatic carbocycles. The SMILES string of the molecule is CC12Cc3cnn(-c4ccc(F)cc4)c3C=C1CCC[C@@H]2[C@H](O)Cc1ccccc1. The van der Waals surface area contributed by atoms with Gasteiger partial charge in [0.05, 0.1) is 23.7 Å². The normalized spacial score (nSPS) is 24.0. The largest absolute Gasteiger partial charge is 0.392 e. The molecule has 0 radical (unpaired) electrons. The number of halogens is 1. The first-order chi connectivity index (χ1) is 14.5. The fourth-order valence-corrected chi connectivity index (χ4v) is 5.48. The van der Waals surface area contributed by atoms with E-state index in [1.165, 1.54) is 28.8 Å². The molecule has 3 nitrogen and oxygen atoms in total. The molecule has 0 spiro atoms.